The maximum atomic E-state index is 3.19. The van der Waals surface area contributed by atoms with Crippen molar-refractivity contribution in [3.63, 3.8) is 0 Å². The van der Waals surface area contributed by atoms with Crippen molar-refractivity contribution in [2.75, 3.05) is 0 Å². The van der Waals surface area contributed by atoms with Gasteiger partial charge in [-0.15, -0.1) is 0 Å². The summed E-state index contributed by atoms with van der Waals surface area (Å²) in [5.41, 5.74) is 4.10. The molecule has 0 amide bonds. The molecule has 0 saturated heterocycles. The molecular weight excluding hydrogens is 120 g/mol. The van der Waals surface area contributed by atoms with Crippen LogP contribution in [0.15, 0.2) is 18.2 Å². The van der Waals surface area contributed by atoms with Crippen LogP contribution in [0.4, 0.5) is 0 Å². The summed E-state index contributed by atoms with van der Waals surface area (Å²) in [7, 11) is 0. The van der Waals surface area contributed by atoms with Gasteiger partial charge in [0.1, 0.15) is 0 Å². The predicted octanol–water partition coefficient (Wildman–Crippen LogP) is 2.37. The Kier molecular flexibility index (Phi) is 1.13. The van der Waals surface area contributed by atoms with Crippen molar-refractivity contribution in [3.8, 4) is 0 Å². The minimum atomic E-state index is 0.997. The van der Waals surface area contributed by atoms with E-state index in [1.54, 1.807) is 0 Å². The minimum Gasteiger partial charge on any atom is -0.0587 e. The Balaban J connectivity index is 2.59. The Morgan fingerprint density at radius 2 is 2.30 bits per heavy atom. The summed E-state index contributed by atoms with van der Waals surface area (Å²) < 4.78 is 0. The van der Waals surface area contributed by atoms with Crippen LogP contribution < -0.4 is 0 Å². The van der Waals surface area contributed by atoms with Crippen LogP contribution in [0, 0.1) is 13.0 Å². The van der Waals surface area contributed by atoms with E-state index in [0.717, 1.165) is 6.42 Å². The van der Waals surface area contributed by atoms with Gasteiger partial charge < -0.3 is 0 Å². The van der Waals surface area contributed by atoms with Crippen molar-refractivity contribution in [3.05, 3.63) is 41.0 Å². The summed E-state index contributed by atoms with van der Waals surface area (Å²) in [4.78, 5) is 0. The summed E-state index contributed by atoms with van der Waals surface area (Å²) in [6, 6.07) is 6.53. The zero-order valence-electron chi connectivity index (χ0n) is 6.02. The van der Waals surface area contributed by atoms with Gasteiger partial charge in [-0.2, -0.15) is 0 Å². The average molecular weight is 129 g/mol. The second kappa shape index (κ2) is 1.98. The zero-order valence-corrected chi connectivity index (χ0v) is 6.02. The van der Waals surface area contributed by atoms with Gasteiger partial charge in [-0.05, 0) is 30.5 Å². The maximum absolute atomic E-state index is 3.19. The molecule has 0 heterocycles. The normalized spacial score (nSPS) is 13.7. The summed E-state index contributed by atoms with van der Waals surface area (Å²) in [6.07, 6.45) is 6.25. The third-order valence-corrected chi connectivity index (χ3v) is 1.85. The molecule has 49 valence electrons. The second-order valence-electron chi connectivity index (χ2n) is 2.73. The topological polar surface area (TPSA) is 0 Å². The molecule has 0 unspecified atom stereocenters. The first-order chi connectivity index (χ1) is 4.86. The summed E-state index contributed by atoms with van der Waals surface area (Å²) in [5.74, 6) is 0. The van der Waals surface area contributed by atoms with Gasteiger partial charge in [-0.1, -0.05) is 29.8 Å². The fourth-order valence-corrected chi connectivity index (χ4v) is 1.30. The molecule has 0 atom stereocenters. The molecule has 0 aliphatic heterocycles. The molecule has 0 heteroatoms. The molecule has 0 aromatic heterocycles. The Morgan fingerprint density at radius 3 is 3.20 bits per heavy atom. The highest BCUT2D eigenvalue weighted by atomic mass is 14.1. The second-order valence-corrected chi connectivity index (χ2v) is 2.73. The van der Waals surface area contributed by atoms with Gasteiger partial charge in [0.2, 0.25) is 0 Å². The zero-order chi connectivity index (χ0) is 6.97. The predicted molar refractivity (Wildman–Crippen MR) is 42.6 cm³/mol. The van der Waals surface area contributed by atoms with Crippen LogP contribution in [-0.2, 0) is 6.42 Å². The first-order valence-corrected chi connectivity index (χ1v) is 3.52. The Labute approximate surface area is 61.2 Å². The number of hydrogen-bond acceptors (Lipinski definition) is 0. The summed E-state index contributed by atoms with van der Waals surface area (Å²) >= 11 is 0. The van der Waals surface area contributed by atoms with E-state index in [0.29, 0.717) is 0 Å². The molecule has 1 aliphatic rings. The molecule has 0 bridgehead atoms. The molecule has 1 aromatic carbocycles. The van der Waals surface area contributed by atoms with Crippen molar-refractivity contribution in [1.29, 1.82) is 0 Å². The van der Waals surface area contributed by atoms with Gasteiger partial charge >= 0.3 is 0 Å². The highest BCUT2D eigenvalue weighted by Crippen LogP contribution is 2.19. The number of rotatable bonds is 0. The van der Waals surface area contributed by atoms with E-state index in [1.165, 1.54) is 16.7 Å². The molecule has 1 radical (unpaired) electrons. The van der Waals surface area contributed by atoms with Crippen LogP contribution in [0.5, 0.6) is 0 Å². The van der Waals surface area contributed by atoms with Crippen LogP contribution in [0.1, 0.15) is 16.7 Å². The van der Waals surface area contributed by atoms with Gasteiger partial charge in [0.15, 0.2) is 0 Å². The highest BCUT2D eigenvalue weighted by Gasteiger charge is 2.02. The quantitative estimate of drug-likeness (QED) is 0.504. The van der Waals surface area contributed by atoms with E-state index < -0.39 is 0 Å². The minimum absolute atomic E-state index is 0.997. The van der Waals surface area contributed by atoms with Crippen LogP contribution in [0.3, 0.4) is 0 Å². The van der Waals surface area contributed by atoms with Crippen LogP contribution in [-0.4, -0.2) is 0 Å². The molecule has 0 nitrogen and oxygen atoms in total. The standard InChI is InChI=1S/C10H9/c1-8-5-6-9-3-2-4-10(9)7-8/h3,5-7H,4H2,1H3. The lowest BCUT2D eigenvalue weighted by molar-refractivity contribution is 1.26. The van der Waals surface area contributed by atoms with Gasteiger partial charge in [0.05, 0.1) is 0 Å². The molecule has 0 fully saturated rings. The Hall–Kier alpha value is -1.04. The van der Waals surface area contributed by atoms with Crippen molar-refractivity contribution >= 4 is 6.08 Å². The lowest BCUT2D eigenvalue weighted by Gasteiger charge is -1.97. The third kappa shape index (κ3) is 0.766. The summed E-state index contributed by atoms with van der Waals surface area (Å²) in [5, 5.41) is 0. The first-order valence-electron chi connectivity index (χ1n) is 3.52. The molecule has 10 heavy (non-hydrogen) atoms. The van der Waals surface area contributed by atoms with E-state index in [-0.39, 0.29) is 0 Å². The van der Waals surface area contributed by atoms with Crippen LogP contribution >= 0.6 is 0 Å². The number of benzene rings is 1. The number of hydrogen-bond donors (Lipinski definition) is 0. The molecule has 0 N–H and O–H groups in total. The number of allylic oxidation sites excluding steroid dienone is 1. The summed E-state index contributed by atoms with van der Waals surface area (Å²) in [6.45, 7) is 2.12. The van der Waals surface area contributed by atoms with Crippen molar-refractivity contribution in [1.82, 2.24) is 0 Å². The molecule has 1 aliphatic carbocycles. The average Bonchev–Trinajstić information content (AvgIpc) is 2.33. The van der Waals surface area contributed by atoms with E-state index in [9.17, 15) is 0 Å². The van der Waals surface area contributed by atoms with E-state index in [4.69, 9.17) is 0 Å². The van der Waals surface area contributed by atoms with E-state index in [1.807, 2.05) is 0 Å². The molecule has 0 spiro atoms. The fraction of sp³-hybridized carbons (Fsp3) is 0.200. The van der Waals surface area contributed by atoms with Crippen molar-refractivity contribution < 1.29 is 0 Å². The largest absolute Gasteiger partial charge is 0.0587 e. The SMILES string of the molecule is Cc1ccc2c(c1)C[C]=C2. The number of aryl methyl sites for hydroxylation is 1. The Morgan fingerprint density at radius 1 is 1.40 bits per heavy atom. The monoisotopic (exact) mass is 129 g/mol. The lowest BCUT2D eigenvalue weighted by atomic mass is 10.1. The van der Waals surface area contributed by atoms with E-state index >= 15 is 0 Å². The molecular formula is C10H9. The smallest absolute Gasteiger partial charge is 0.00167 e. The third-order valence-electron chi connectivity index (χ3n) is 1.85. The highest BCUT2D eigenvalue weighted by molar-refractivity contribution is 5.58. The molecule has 1 aromatic rings. The van der Waals surface area contributed by atoms with E-state index in [2.05, 4.69) is 37.3 Å². The molecule has 0 saturated carbocycles. The van der Waals surface area contributed by atoms with Crippen LogP contribution in [0.2, 0.25) is 0 Å². The van der Waals surface area contributed by atoms with Gasteiger partial charge in [0.25, 0.3) is 0 Å². The molecule has 2 rings (SSSR count). The maximum Gasteiger partial charge on any atom is -0.00167 e. The van der Waals surface area contributed by atoms with Gasteiger partial charge in [-0.25, -0.2) is 0 Å². The first kappa shape index (κ1) is 5.72. The Bertz CT molecular complexity index is 282. The fourth-order valence-electron chi connectivity index (χ4n) is 1.30. The van der Waals surface area contributed by atoms with Gasteiger partial charge in [-0.3, -0.25) is 0 Å². The number of fused-ring (bicyclic) bond motifs is 1. The lowest BCUT2D eigenvalue weighted by Crippen LogP contribution is -1.81. The van der Waals surface area contributed by atoms with Crippen molar-refractivity contribution in [2.45, 2.75) is 13.3 Å². The van der Waals surface area contributed by atoms with Crippen LogP contribution in [0.25, 0.3) is 6.08 Å². The van der Waals surface area contributed by atoms with Gasteiger partial charge in [0, 0.05) is 0 Å². The van der Waals surface area contributed by atoms with Crippen molar-refractivity contribution in [2.24, 2.45) is 0 Å².